The Kier molecular flexibility index (Phi) is 4.34. The first-order valence-electron chi connectivity index (χ1n) is 7.85. The summed E-state index contributed by atoms with van der Waals surface area (Å²) in [7, 11) is 0. The minimum atomic E-state index is 0.223. The van der Waals surface area contributed by atoms with Crippen molar-refractivity contribution >= 4 is 16.6 Å². The summed E-state index contributed by atoms with van der Waals surface area (Å²) in [6.07, 6.45) is 1.53. The lowest BCUT2D eigenvalue weighted by molar-refractivity contribution is 0.0973. The molecule has 0 aromatic heterocycles. The molecular weight excluding hydrogens is 268 g/mol. The normalized spacial score (nSPS) is 12.2. The third-order valence-corrected chi connectivity index (χ3v) is 4.28. The van der Waals surface area contributed by atoms with Crippen LogP contribution in [-0.2, 0) is 0 Å². The maximum absolute atomic E-state index is 12.5. The van der Waals surface area contributed by atoms with Gasteiger partial charge in [-0.15, -0.1) is 0 Å². The lowest BCUT2D eigenvalue weighted by Gasteiger charge is -2.17. The maximum Gasteiger partial charge on any atom is 0.163 e. The van der Waals surface area contributed by atoms with E-state index < -0.39 is 0 Å². The molecule has 0 bridgehead atoms. The number of benzene rings is 3. The Bertz CT molecular complexity index is 769. The number of hydrogen-bond acceptors (Lipinski definition) is 1. The Hall–Kier alpha value is -2.41. The summed E-state index contributed by atoms with van der Waals surface area (Å²) < 4.78 is 0. The van der Waals surface area contributed by atoms with Crippen molar-refractivity contribution in [2.24, 2.45) is 0 Å². The molecule has 0 heterocycles. The quantitative estimate of drug-likeness (QED) is 0.558. The summed E-state index contributed by atoms with van der Waals surface area (Å²) in [4.78, 5) is 12.5. The minimum absolute atomic E-state index is 0.223. The van der Waals surface area contributed by atoms with Crippen LogP contribution in [0.3, 0.4) is 0 Å². The van der Waals surface area contributed by atoms with Crippen molar-refractivity contribution in [3.05, 3.63) is 83.9 Å². The van der Waals surface area contributed by atoms with Gasteiger partial charge in [0.2, 0.25) is 0 Å². The molecule has 22 heavy (non-hydrogen) atoms. The molecule has 3 rings (SSSR count). The number of Topliss-reactive ketones (excluding diaryl/α,β-unsaturated/α-hetero) is 1. The topological polar surface area (TPSA) is 17.1 Å². The van der Waals surface area contributed by atoms with Crippen LogP contribution in [0, 0.1) is 0 Å². The van der Waals surface area contributed by atoms with Crippen molar-refractivity contribution in [1.82, 2.24) is 0 Å². The zero-order chi connectivity index (χ0) is 15.4. The highest BCUT2D eigenvalue weighted by Gasteiger charge is 2.17. The van der Waals surface area contributed by atoms with Crippen molar-refractivity contribution in [2.75, 3.05) is 0 Å². The molecule has 0 amide bonds. The summed E-state index contributed by atoms with van der Waals surface area (Å²) in [5, 5.41) is 2.50. The number of carbonyl (C=O) groups is 1. The van der Waals surface area contributed by atoms with Crippen LogP contribution in [-0.4, -0.2) is 5.78 Å². The fourth-order valence-electron chi connectivity index (χ4n) is 3.05. The van der Waals surface area contributed by atoms with Crippen LogP contribution in [0.2, 0.25) is 0 Å². The predicted octanol–water partition coefficient (Wildman–Crippen LogP) is 5.61. The van der Waals surface area contributed by atoms with Crippen molar-refractivity contribution in [3.63, 3.8) is 0 Å². The van der Waals surface area contributed by atoms with E-state index in [9.17, 15) is 4.79 Å². The van der Waals surface area contributed by atoms with E-state index in [0.29, 0.717) is 6.42 Å². The molecule has 0 fully saturated rings. The van der Waals surface area contributed by atoms with E-state index in [1.807, 2.05) is 30.3 Å². The molecule has 3 aromatic carbocycles. The van der Waals surface area contributed by atoms with E-state index in [2.05, 4.69) is 49.4 Å². The molecular formula is C21H20O. The van der Waals surface area contributed by atoms with Crippen LogP contribution in [0.5, 0.6) is 0 Å². The van der Waals surface area contributed by atoms with Crippen molar-refractivity contribution < 1.29 is 4.79 Å². The van der Waals surface area contributed by atoms with Crippen LogP contribution >= 0.6 is 0 Å². The van der Waals surface area contributed by atoms with Gasteiger partial charge in [-0.1, -0.05) is 79.7 Å². The Balaban J connectivity index is 1.92. The van der Waals surface area contributed by atoms with E-state index in [0.717, 1.165) is 12.0 Å². The van der Waals surface area contributed by atoms with E-state index >= 15 is 0 Å². The van der Waals surface area contributed by atoms with Crippen LogP contribution in [0.15, 0.2) is 72.8 Å². The second-order valence-corrected chi connectivity index (χ2v) is 5.67. The lowest BCUT2D eigenvalue weighted by Crippen LogP contribution is -2.07. The van der Waals surface area contributed by atoms with Crippen LogP contribution < -0.4 is 0 Å². The zero-order valence-corrected chi connectivity index (χ0v) is 12.8. The molecule has 0 spiro atoms. The Labute approximate surface area is 131 Å². The van der Waals surface area contributed by atoms with Crippen LogP contribution in [0.4, 0.5) is 0 Å². The highest BCUT2D eigenvalue weighted by molar-refractivity contribution is 5.97. The van der Waals surface area contributed by atoms with Gasteiger partial charge in [-0.3, -0.25) is 4.79 Å². The highest BCUT2D eigenvalue weighted by atomic mass is 16.1. The number of fused-ring (bicyclic) bond motifs is 1. The van der Waals surface area contributed by atoms with Crippen molar-refractivity contribution in [1.29, 1.82) is 0 Å². The average molecular weight is 288 g/mol. The molecule has 0 N–H and O–H groups in total. The van der Waals surface area contributed by atoms with Gasteiger partial charge in [0, 0.05) is 12.0 Å². The minimum Gasteiger partial charge on any atom is -0.294 e. The second-order valence-electron chi connectivity index (χ2n) is 5.67. The number of rotatable bonds is 5. The fraction of sp³-hybridized carbons (Fsp3) is 0.190. The molecule has 1 heteroatoms. The summed E-state index contributed by atoms with van der Waals surface area (Å²) in [6.45, 7) is 2.16. The predicted molar refractivity (Wildman–Crippen MR) is 92.4 cm³/mol. The van der Waals surface area contributed by atoms with Crippen molar-refractivity contribution in [2.45, 2.75) is 25.7 Å². The van der Waals surface area contributed by atoms with E-state index in [1.54, 1.807) is 0 Å². The largest absolute Gasteiger partial charge is 0.294 e. The second kappa shape index (κ2) is 6.57. The van der Waals surface area contributed by atoms with Crippen molar-refractivity contribution in [3.8, 4) is 0 Å². The zero-order valence-electron chi connectivity index (χ0n) is 12.8. The number of hydrogen-bond donors (Lipinski definition) is 0. The van der Waals surface area contributed by atoms with E-state index in [4.69, 9.17) is 0 Å². The first-order valence-corrected chi connectivity index (χ1v) is 7.85. The van der Waals surface area contributed by atoms with Gasteiger partial charge >= 0.3 is 0 Å². The molecule has 0 aliphatic rings. The summed E-state index contributed by atoms with van der Waals surface area (Å²) >= 11 is 0. The van der Waals surface area contributed by atoms with Crippen LogP contribution in [0.25, 0.3) is 10.8 Å². The maximum atomic E-state index is 12.5. The summed E-state index contributed by atoms with van der Waals surface area (Å²) in [6, 6.07) is 24.4. The third-order valence-electron chi connectivity index (χ3n) is 4.28. The molecule has 1 atom stereocenters. The monoisotopic (exact) mass is 288 g/mol. The van der Waals surface area contributed by atoms with Gasteiger partial charge in [0.25, 0.3) is 0 Å². The molecule has 110 valence electrons. The van der Waals surface area contributed by atoms with Gasteiger partial charge in [0.15, 0.2) is 5.78 Å². The SMILES string of the molecule is CC[C@H](CC(=O)c1ccccc1)c1cccc2ccccc12. The Morgan fingerprint density at radius 3 is 2.32 bits per heavy atom. The van der Waals surface area contributed by atoms with Gasteiger partial charge in [-0.25, -0.2) is 0 Å². The Morgan fingerprint density at radius 2 is 1.55 bits per heavy atom. The molecule has 1 nitrogen and oxygen atoms in total. The van der Waals surface area contributed by atoms with Gasteiger partial charge in [0.1, 0.15) is 0 Å². The number of carbonyl (C=O) groups excluding carboxylic acids is 1. The molecule has 0 saturated carbocycles. The molecule has 0 unspecified atom stereocenters. The number of ketones is 1. The third kappa shape index (κ3) is 2.94. The molecule has 0 radical (unpaired) electrons. The standard InChI is InChI=1S/C21H20O/c1-2-16(15-21(22)18-10-4-3-5-11-18)19-14-8-12-17-9-6-7-13-20(17)19/h3-14,16H,2,15H2,1H3/t16-/m1/s1. The first-order chi connectivity index (χ1) is 10.8. The van der Waals surface area contributed by atoms with Gasteiger partial charge < -0.3 is 0 Å². The fourth-order valence-corrected chi connectivity index (χ4v) is 3.05. The smallest absolute Gasteiger partial charge is 0.163 e. The molecule has 0 aliphatic heterocycles. The van der Waals surface area contributed by atoms with Gasteiger partial charge in [0.05, 0.1) is 0 Å². The van der Waals surface area contributed by atoms with Crippen LogP contribution in [0.1, 0.15) is 41.6 Å². The first kappa shape index (κ1) is 14.5. The molecule has 0 aliphatic carbocycles. The molecule has 0 saturated heterocycles. The van der Waals surface area contributed by atoms with Gasteiger partial charge in [-0.05, 0) is 28.7 Å². The summed E-state index contributed by atoms with van der Waals surface area (Å²) in [5.74, 6) is 0.485. The van der Waals surface area contributed by atoms with Gasteiger partial charge in [-0.2, -0.15) is 0 Å². The highest BCUT2D eigenvalue weighted by Crippen LogP contribution is 2.31. The average Bonchev–Trinajstić information content (AvgIpc) is 2.60. The lowest BCUT2D eigenvalue weighted by atomic mass is 9.86. The Morgan fingerprint density at radius 1 is 0.864 bits per heavy atom. The molecule has 3 aromatic rings. The van der Waals surface area contributed by atoms with E-state index in [-0.39, 0.29) is 11.7 Å². The summed E-state index contributed by atoms with van der Waals surface area (Å²) in [5.41, 5.74) is 2.09. The van der Waals surface area contributed by atoms with E-state index in [1.165, 1.54) is 16.3 Å².